The molecule has 1 N–H and O–H groups in total. The van der Waals surface area contributed by atoms with Crippen molar-refractivity contribution in [1.29, 1.82) is 0 Å². The predicted molar refractivity (Wildman–Crippen MR) is 92.8 cm³/mol. The number of H-pyrrole nitrogens is 1. The second kappa shape index (κ2) is 6.49. The zero-order valence-electron chi connectivity index (χ0n) is 13.8. The van der Waals surface area contributed by atoms with Crippen molar-refractivity contribution in [2.75, 3.05) is 31.1 Å². The lowest BCUT2D eigenvalue weighted by Crippen LogP contribution is -2.46. The zero-order chi connectivity index (χ0) is 16.4. The van der Waals surface area contributed by atoms with Gasteiger partial charge in [0.2, 0.25) is 0 Å². The van der Waals surface area contributed by atoms with E-state index >= 15 is 0 Å². The molecule has 6 nitrogen and oxygen atoms in total. The fourth-order valence-electron chi connectivity index (χ4n) is 3.15. The minimum atomic E-state index is 0.836. The Labute approximate surface area is 141 Å². The Morgan fingerprint density at radius 1 is 1.08 bits per heavy atom. The number of piperazine rings is 1. The number of pyridine rings is 1. The van der Waals surface area contributed by atoms with Gasteiger partial charge in [0.15, 0.2) is 5.76 Å². The average Bonchev–Trinajstić information content (AvgIpc) is 3.27. The Bertz CT molecular complexity index is 787. The van der Waals surface area contributed by atoms with E-state index in [1.165, 1.54) is 5.56 Å². The van der Waals surface area contributed by atoms with Crippen molar-refractivity contribution >= 4 is 5.82 Å². The van der Waals surface area contributed by atoms with E-state index in [0.717, 1.165) is 55.8 Å². The van der Waals surface area contributed by atoms with Gasteiger partial charge in [0, 0.05) is 38.6 Å². The summed E-state index contributed by atoms with van der Waals surface area (Å²) in [5, 5.41) is 6.89. The number of aromatic amines is 1. The summed E-state index contributed by atoms with van der Waals surface area (Å²) >= 11 is 0. The third-order valence-corrected chi connectivity index (χ3v) is 4.46. The number of hydrogen-bond acceptors (Lipinski definition) is 5. The van der Waals surface area contributed by atoms with Crippen molar-refractivity contribution in [3.05, 3.63) is 54.0 Å². The molecule has 6 heteroatoms. The van der Waals surface area contributed by atoms with Crippen molar-refractivity contribution in [3.8, 4) is 11.5 Å². The minimum absolute atomic E-state index is 0.836. The van der Waals surface area contributed by atoms with Crippen molar-refractivity contribution in [2.24, 2.45) is 0 Å². The van der Waals surface area contributed by atoms with E-state index < -0.39 is 0 Å². The van der Waals surface area contributed by atoms with E-state index in [2.05, 4.69) is 38.0 Å². The van der Waals surface area contributed by atoms with Crippen molar-refractivity contribution in [3.63, 3.8) is 0 Å². The normalized spacial score (nSPS) is 15.8. The zero-order valence-corrected chi connectivity index (χ0v) is 13.8. The molecule has 0 aliphatic carbocycles. The standard InChI is InChI=1S/C18H21N5O/c1-14-3-2-7-19-18(14)23-11-9-22(10-12-23)13-15-4-5-17(24-15)16-6-8-20-21-16/h2-8H,9-13H2,1H3,(H,20,21). The van der Waals surface area contributed by atoms with Crippen LogP contribution in [-0.2, 0) is 6.54 Å². The van der Waals surface area contributed by atoms with E-state index in [1.807, 2.05) is 30.5 Å². The molecule has 0 amide bonds. The van der Waals surface area contributed by atoms with Crippen molar-refractivity contribution in [2.45, 2.75) is 13.5 Å². The van der Waals surface area contributed by atoms with Crippen molar-refractivity contribution in [1.82, 2.24) is 20.1 Å². The molecular formula is C18H21N5O. The van der Waals surface area contributed by atoms with Crippen LogP contribution in [-0.4, -0.2) is 46.3 Å². The molecule has 24 heavy (non-hydrogen) atoms. The highest BCUT2D eigenvalue weighted by atomic mass is 16.3. The smallest absolute Gasteiger partial charge is 0.152 e. The number of nitrogens with zero attached hydrogens (tertiary/aromatic N) is 4. The summed E-state index contributed by atoms with van der Waals surface area (Å²) in [6.45, 7) is 6.96. The Morgan fingerprint density at radius 2 is 1.96 bits per heavy atom. The number of rotatable bonds is 4. The van der Waals surface area contributed by atoms with Gasteiger partial charge in [0.1, 0.15) is 17.3 Å². The summed E-state index contributed by atoms with van der Waals surface area (Å²) < 4.78 is 5.92. The second-order valence-electron chi connectivity index (χ2n) is 6.14. The summed E-state index contributed by atoms with van der Waals surface area (Å²) in [5.74, 6) is 2.93. The first-order valence-corrected chi connectivity index (χ1v) is 8.27. The molecule has 3 aromatic rings. The number of aromatic nitrogens is 3. The molecule has 3 aromatic heterocycles. The third kappa shape index (κ3) is 3.05. The highest BCUT2D eigenvalue weighted by molar-refractivity contribution is 5.51. The Kier molecular flexibility index (Phi) is 4.04. The van der Waals surface area contributed by atoms with Gasteiger partial charge < -0.3 is 9.32 Å². The van der Waals surface area contributed by atoms with Crippen LogP contribution >= 0.6 is 0 Å². The molecule has 4 rings (SSSR count). The molecule has 1 aliphatic rings. The topological polar surface area (TPSA) is 61.2 Å². The number of hydrogen-bond donors (Lipinski definition) is 1. The summed E-state index contributed by atoms with van der Waals surface area (Å²) in [6.07, 6.45) is 3.60. The number of anilines is 1. The first-order chi connectivity index (χ1) is 11.8. The van der Waals surface area contributed by atoms with Gasteiger partial charge in [-0.05, 0) is 36.8 Å². The van der Waals surface area contributed by atoms with Gasteiger partial charge in [-0.1, -0.05) is 6.07 Å². The highest BCUT2D eigenvalue weighted by Gasteiger charge is 2.20. The maximum absolute atomic E-state index is 5.92. The molecule has 0 aromatic carbocycles. The Hall–Kier alpha value is -2.60. The van der Waals surface area contributed by atoms with Crippen LogP contribution in [0.2, 0.25) is 0 Å². The van der Waals surface area contributed by atoms with Crippen LogP contribution in [0.3, 0.4) is 0 Å². The average molecular weight is 323 g/mol. The van der Waals surface area contributed by atoms with Crippen LogP contribution < -0.4 is 4.90 Å². The molecule has 0 radical (unpaired) electrons. The SMILES string of the molecule is Cc1cccnc1N1CCN(Cc2ccc(-c3ccn[nH]3)o2)CC1. The van der Waals surface area contributed by atoms with Crippen LogP contribution in [0, 0.1) is 6.92 Å². The van der Waals surface area contributed by atoms with Crippen molar-refractivity contribution < 1.29 is 4.42 Å². The Balaban J connectivity index is 1.36. The molecule has 0 spiro atoms. The molecule has 4 heterocycles. The molecule has 0 bridgehead atoms. The number of furan rings is 1. The van der Waals surface area contributed by atoms with Gasteiger partial charge in [0.25, 0.3) is 0 Å². The lowest BCUT2D eigenvalue weighted by molar-refractivity contribution is 0.231. The summed E-state index contributed by atoms with van der Waals surface area (Å²) in [4.78, 5) is 9.31. The molecule has 1 aliphatic heterocycles. The molecule has 0 unspecified atom stereocenters. The van der Waals surface area contributed by atoms with Crippen LogP contribution in [0.5, 0.6) is 0 Å². The van der Waals surface area contributed by atoms with Crippen LogP contribution in [0.15, 0.2) is 47.1 Å². The van der Waals surface area contributed by atoms with E-state index in [4.69, 9.17) is 4.42 Å². The van der Waals surface area contributed by atoms with Gasteiger partial charge in [0.05, 0.1) is 6.54 Å². The molecule has 1 saturated heterocycles. The number of nitrogens with one attached hydrogen (secondary N) is 1. The first kappa shape index (κ1) is 15.0. The highest BCUT2D eigenvalue weighted by Crippen LogP contribution is 2.22. The summed E-state index contributed by atoms with van der Waals surface area (Å²) in [7, 11) is 0. The molecule has 0 atom stereocenters. The largest absolute Gasteiger partial charge is 0.458 e. The van der Waals surface area contributed by atoms with E-state index in [0.29, 0.717) is 0 Å². The molecule has 1 fully saturated rings. The maximum atomic E-state index is 5.92. The molecule has 0 saturated carbocycles. The van der Waals surface area contributed by atoms with E-state index in [-0.39, 0.29) is 0 Å². The first-order valence-electron chi connectivity index (χ1n) is 8.27. The monoisotopic (exact) mass is 323 g/mol. The third-order valence-electron chi connectivity index (χ3n) is 4.46. The second-order valence-corrected chi connectivity index (χ2v) is 6.14. The lowest BCUT2D eigenvalue weighted by Gasteiger charge is -2.35. The molecular weight excluding hydrogens is 302 g/mol. The van der Waals surface area contributed by atoms with Gasteiger partial charge in [-0.25, -0.2) is 4.98 Å². The van der Waals surface area contributed by atoms with Crippen LogP contribution in [0.1, 0.15) is 11.3 Å². The summed E-state index contributed by atoms with van der Waals surface area (Å²) in [5.41, 5.74) is 2.15. The van der Waals surface area contributed by atoms with Gasteiger partial charge >= 0.3 is 0 Å². The quantitative estimate of drug-likeness (QED) is 0.800. The van der Waals surface area contributed by atoms with Gasteiger partial charge in [-0.15, -0.1) is 0 Å². The van der Waals surface area contributed by atoms with Gasteiger partial charge in [-0.3, -0.25) is 10.00 Å². The summed E-state index contributed by atoms with van der Waals surface area (Å²) in [6, 6.07) is 10.1. The maximum Gasteiger partial charge on any atom is 0.152 e. The van der Waals surface area contributed by atoms with Crippen LogP contribution in [0.4, 0.5) is 5.82 Å². The minimum Gasteiger partial charge on any atom is -0.458 e. The fraction of sp³-hybridized carbons (Fsp3) is 0.333. The van der Waals surface area contributed by atoms with Crippen LogP contribution in [0.25, 0.3) is 11.5 Å². The number of aryl methyl sites for hydroxylation is 1. The van der Waals surface area contributed by atoms with E-state index in [1.54, 1.807) is 6.20 Å². The van der Waals surface area contributed by atoms with E-state index in [9.17, 15) is 0 Å². The lowest BCUT2D eigenvalue weighted by atomic mass is 10.2. The predicted octanol–water partition coefficient (Wildman–Crippen LogP) is 2.70. The fourth-order valence-corrected chi connectivity index (χ4v) is 3.15. The molecule has 124 valence electrons. The van der Waals surface area contributed by atoms with Gasteiger partial charge in [-0.2, -0.15) is 5.10 Å². The Morgan fingerprint density at radius 3 is 2.71 bits per heavy atom.